The highest BCUT2D eigenvalue weighted by atomic mass is 79.9. The predicted octanol–water partition coefficient (Wildman–Crippen LogP) is 1.22. The zero-order valence-electron chi connectivity index (χ0n) is 10.1. The van der Waals surface area contributed by atoms with Gasteiger partial charge in [-0.25, -0.2) is 4.39 Å². The fraction of sp³-hybridized carbons (Fsp3) is 0.417. The molecule has 0 heterocycles. The molecule has 1 atom stereocenters. The smallest absolute Gasteiger partial charge is 0.239 e. The molecule has 0 aliphatic carbocycles. The SMILES string of the molecule is COCC(N)C(=O)NCCc1cc(Br)ccc1F. The van der Waals surface area contributed by atoms with Gasteiger partial charge in [-0.05, 0) is 30.2 Å². The van der Waals surface area contributed by atoms with E-state index in [1.165, 1.54) is 13.2 Å². The standard InChI is InChI=1S/C12H16BrFN2O2/c1-18-7-11(15)12(17)16-5-4-8-6-9(13)2-3-10(8)14/h2-3,6,11H,4-5,7,15H2,1H3,(H,16,17). The number of nitrogens with two attached hydrogens (primary N) is 1. The van der Waals surface area contributed by atoms with E-state index >= 15 is 0 Å². The van der Waals surface area contributed by atoms with E-state index in [0.717, 1.165) is 4.47 Å². The Hall–Kier alpha value is -0.980. The van der Waals surface area contributed by atoms with Crippen molar-refractivity contribution >= 4 is 21.8 Å². The molecule has 1 aromatic rings. The third kappa shape index (κ3) is 4.72. The molecule has 1 aromatic carbocycles. The Balaban J connectivity index is 2.42. The second-order valence-electron chi connectivity index (χ2n) is 3.84. The third-order valence-corrected chi connectivity index (χ3v) is 2.88. The molecular weight excluding hydrogens is 303 g/mol. The molecule has 6 heteroatoms. The summed E-state index contributed by atoms with van der Waals surface area (Å²) in [6.45, 7) is 0.501. The van der Waals surface area contributed by atoms with Gasteiger partial charge in [-0.3, -0.25) is 4.79 Å². The second-order valence-corrected chi connectivity index (χ2v) is 4.75. The van der Waals surface area contributed by atoms with Gasteiger partial charge in [0.2, 0.25) is 5.91 Å². The zero-order chi connectivity index (χ0) is 13.5. The van der Waals surface area contributed by atoms with Crippen LogP contribution in [0.1, 0.15) is 5.56 Å². The lowest BCUT2D eigenvalue weighted by Gasteiger charge is -2.11. The number of rotatable bonds is 6. The molecule has 0 aliphatic rings. The topological polar surface area (TPSA) is 64.3 Å². The van der Waals surface area contributed by atoms with Gasteiger partial charge in [0, 0.05) is 18.1 Å². The average molecular weight is 319 g/mol. The number of ether oxygens (including phenoxy) is 1. The molecule has 0 fully saturated rings. The quantitative estimate of drug-likeness (QED) is 0.829. The van der Waals surface area contributed by atoms with E-state index in [1.54, 1.807) is 12.1 Å². The molecule has 0 aromatic heterocycles. The molecule has 0 radical (unpaired) electrons. The van der Waals surface area contributed by atoms with Crippen molar-refractivity contribution in [1.29, 1.82) is 0 Å². The Morgan fingerprint density at radius 1 is 1.61 bits per heavy atom. The van der Waals surface area contributed by atoms with Crippen molar-refractivity contribution in [3.8, 4) is 0 Å². The molecule has 1 rings (SSSR count). The highest BCUT2D eigenvalue weighted by Gasteiger charge is 2.12. The van der Waals surface area contributed by atoms with Crippen LogP contribution in [0.2, 0.25) is 0 Å². The summed E-state index contributed by atoms with van der Waals surface area (Å²) < 4.78 is 19.0. The summed E-state index contributed by atoms with van der Waals surface area (Å²) in [6, 6.07) is 4.02. The van der Waals surface area contributed by atoms with Gasteiger partial charge in [0.15, 0.2) is 0 Å². The molecule has 100 valence electrons. The number of hydrogen-bond donors (Lipinski definition) is 2. The maximum absolute atomic E-state index is 13.4. The minimum absolute atomic E-state index is 0.164. The Bertz CT molecular complexity index is 415. The second kappa shape index (κ2) is 7.45. The lowest BCUT2D eigenvalue weighted by Crippen LogP contribution is -2.44. The molecule has 3 N–H and O–H groups in total. The molecule has 0 spiro atoms. The van der Waals surface area contributed by atoms with E-state index in [9.17, 15) is 9.18 Å². The first kappa shape index (κ1) is 15.1. The van der Waals surface area contributed by atoms with Crippen molar-refractivity contribution in [3.05, 3.63) is 34.1 Å². The molecule has 4 nitrogen and oxygen atoms in total. The monoisotopic (exact) mass is 318 g/mol. The number of benzene rings is 1. The van der Waals surface area contributed by atoms with Gasteiger partial charge in [-0.2, -0.15) is 0 Å². The van der Waals surface area contributed by atoms with Crippen LogP contribution in [0.5, 0.6) is 0 Å². The summed E-state index contributed by atoms with van der Waals surface area (Å²) in [6.07, 6.45) is 0.413. The van der Waals surface area contributed by atoms with Crippen LogP contribution in [-0.4, -0.2) is 32.2 Å². The van der Waals surface area contributed by atoms with E-state index in [0.29, 0.717) is 18.5 Å². The van der Waals surface area contributed by atoms with Crippen molar-refractivity contribution in [2.45, 2.75) is 12.5 Å². The number of halogens is 2. The number of carbonyl (C=O) groups is 1. The summed E-state index contributed by atoms with van der Waals surface area (Å²) in [4.78, 5) is 11.5. The van der Waals surface area contributed by atoms with Crippen molar-refractivity contribution < 1.29 is 13.9 Å². The van der Waals surface area contributed by atoms with Gasteiger partial charge in [-0.15, -0.1) is 0 Å². The summed E-state index contributed by atoms with van der Waals surface area (Å²) >= 11 is 3.27. The molecule has 1 unspecified atom stereocenters. The molecule has 0 saturated heterocycles. The van der Waals surface area contributed by atoms with Gasteiger partial charge in [0.1, 0.15) is 11.9 Å². The van der Waals surface area contributed by atoms with Crippen LogP contribution in [-0.2, 0) is 16.0 Å². The Morgan fingerprint density at radius 2 is 2.33 bits per heavy atom. The molecule has 1 amide bonds. The van der Waals surface area contributed by atoms with Gasteiger partial charge >= 0.3 is 0 Å². The van der Waals surface area contributed by atoms with Gasteiger partial charge in [0.05, 0.1) is 6.61 Å². The van der Waals surface area contributed by atoms with E-state index in [1.807, 2.05) is 0 Å². The number of hydrogen-bond acceptors (Lipinski definition) is 3. The van der Waals surface area contributed by atoms with Crippen LogP contribution in [0.4, 0.5) is 4.39 Å². The average Bonchev–Trinajstić information content (AvgIpc) is 2.33. The molecule has 0 aliphatic heterocycles. The number of carbonyl (C=O) groups excluding carboxylic acids is 1. The van der Waals surface area contributed by atoms with Crippen LogP contribution >= 0.6 is 15.9 Å². The van der Waals surface area contributed by atoms with E-state index in [-0.39, 0.29) is 18.3 Å². The van der Waals surface area contributed by atoms with Crippen molar-refractivity contribution in [2.24, 2.45) is 5.73 Å². The van der Waals surface area contributed by atoms with E-state index in [2.05, 4.69) is 21.2 Å². The summed E-state index contributed by atoms with van der Waals surface area (Å²) in [5.41, 5.74) is 6.09. The normalized spacial score (nSPS) is 12.2. The Labute approximate surface area is 114 Å². The van der Waals surface area contributed by atoms with Crippen LogP contribution < -0.4 is 11.1 Å². The highest BCUT2D eigenvalue weighted by molar-refractivity contribution is 9.10. The summed E-state index contributed by atoms with van der Waals surface area (Å²) in [7, 11) is 1.48. The lowest BCUT2D eigenvalue weighted by atomic mass is 10.1. The first-order chi connectivity index (χ1) is 8.54. The largest absolute Gasteiger partial charge is 0.383 e. The third-order valence-electron chi connectivity index (χ3n) is 2.38. The Kier molecular flexibility index (Phi) is 6.24. The maximum atomic E-state index is 13.4. The van der Waals surface area contributed by atoms with E-state index < -0.39 is 6.04 Å². The highest BCUT2D eigenvalue weighted by Crippen LogP contribution is 2.15. The maximum Gasteiger partial charge on any atom is 0.239 e. The molecule has 0 saturated carbocycles. The molecule has 0 bridgehead atoms. The van der Waals surface area contributed by atoms with Gasteiger partial charge in [0.25, 0.3) is 0 Å². The fourth-order valence-corrected chi connectivity index (χ4v) is 1.85. The van der Waals surface area contributed by atoms with Gasteiger partial charge < -0.3 is 15.8 Å². The minimum Gasteiger partial charge on any atom is -0.383 e. The van der Waals surface area contributed by atoms with Gasteiger partial charge in [-0.1, -0.05) is 15.9 Å². The van der Waals surface area contributed by atoms with Crippen LogP contribution in [0, 0.1) is 5.82 Å². The molecule has 18 heavy (non-hydrogen) atoms. The number of amides is 1. The molecular formula is C12H16BrFN2O2. The Morgan fingerprint density at radius 3 is 3.00 bits per heavy atom. The van der Waals surface area contributed by atoms with E-state index in [4.69, 9.17) is 10.5 Å². The summed E-state index contributed by atoms with van der Waals surface area (Å²) in [5.74, 6) is -0.583. The first-order valence-corrected chi connectivity index (χ1v) is 6.30. The minimum atomic E-state index is -0.692. The number of nitrogens with one attached hydrogen (secondary N) is 1. The first-order valence-electron chi connectivity index (χ1n) is 5.50. The van der Waals surface area contributed by atoms with Crippen molar-refractivity contribution in [3.63, 3.8) is 0 Å². The fourth-order valence-electron chi connectivity index (χ4n) is 1.44. The zero-order valence-corrected chi connectivity index (χ0v) is 11.7. The van der Waals surface area contributed by atoms with Crippen LogP contribution in [0.25, 0.3) is 0 Å². The van der Waals surface area contributed by atoms with Crippen molar-refractivity contribution in [1.82, 2.24) is 5.32 Å². The number of methoxy groups -OCH3 is 1. The predicted molar refractivity (Wildman–Crippen MR) is 70.7 cm³/mol. The van der Waals surface area contributed by atoms with Crippen LogP contribution in [0.3, 0.4) is 0 Å². The summed E-state index contributed by atoms with van der Waals surface area (Å²) in [5, 5.41) is 2.64. The lowest BCUT2D eigenvalue weighted by molar-refractivity contribution is -0.123. The van der Waals surface area contributed by atoms with Crippen LogP contribution in [0.15, 0.2) is 22.7 Å². The van der Waals surface area contributed by atoms with Crippen molar-refractivity contribution in [2.75, 3.05) is 20.3 Å².